The molecule has 136 valence electrons. The number of aryl methyl sites for hydroxylation is 1. The fraction of sp³-hybridized carbons (Fsp3) is 0.250. The van der Waals surface area contributed by atoms with Crippen molar-refractivity contribution >= 4 is 23.3 Å². The molecule has 0 aliphatic rings. The van der Waals surface area contributed by atoms with Crippen molar-refractivity contribution < 1.29 is 23.9 Å². The first-order valence-corrected chi connectivity index (χ1v) is 8.16. The fourth-order valence-corrected chi connectivity index (χ4v) is 2.18. The Labute approximate surface area is 152 Å². The molecule has 6 heteroatoms. The maximum Gasteiger partial charge on any atom is 0.344 e. The van der Waals surface area contributed by atoms with Crippen LogP contribution in [-0.2, 0) is 14.3 Å². The van der Waals surface area contributed by atoms with E-state index in [4.69, 9.17) is 9.47 Å². The fourth-order valence-electron chi connectivity index (χ4n) is 2.18. The van der Waals surface area contributed by atoms with Crippen molar-refractivity contribution in [2.45, 2.75) is 26.9 Å². The molecule has 6 nitrogen and oxygen atoms in total. The van der Waals surface area contributed by atoms with Crippen LogP contribution < -0.4 is 10.1 Å². The van der Waals surface area contributed by atoms with Gasteiger partial charge in [0.15, 0.2) is 18.5 Å². The van der Waals surface area contributed by atoms with Crippen LogP contribution in [0.15, 0.2) is 48.5 Å². The third-order valence-electron chi connectivity index (χ3n) is 3.58. The van der Waals surface area contributed by atoms with E-state index >= 15 is 0 Å². The summed E-state index contributed by atoms with van der Waals surface area (Å²) in [7, 11) is 0. The number of hydrogen-bond donors (Lipinski definition) is 1. The number of nitrogens with one attached hydrogen (secondary N) is 1. The van der Waals surface area contributed by atoms with E-state index in [0.29, 0.717) is 17.0 Å². The van der Waals surface area contributed by atoms with Crippen molar-refractivity contribution in [3.63, 3.8) is 0 Å². The topological polar surface area (TPSA) is 81.7 Å². The zero-order valence-corrected chi connectivity index (χ0v) is 14.9. The molecule has 1 unspecified atom stereocenters. The zero-order chi connectivity index (χ0) is 19.1. The Bertz CT molecular complexity index is 798. The van der Waals surface area contributed by atoms with Crippen LogP contribution in [0, 0.1) is 6.92 Å². The van der Waals surface area contributed by atoms with E-state index in [1.807, 2.05) is 25.1 Å². The first kappa shape index (κ1) is 19.2. The van der Waals surface area contributed by atoms with Crippen LogP contribution in [-0.4, -0.2) is 30.4 Å². The first-order chi connectivity index (χ1) is 12.3. The van der Waals surface area contributed by atoms with Crippen molar-refractivity contribution in [1.82, 2.24) is 0 Å². The minimum absolute atomic E-state index is 0.0515. The lowest BCUT2D eigenvalue weighted by Crippen LogP contribution is -2.31. The van der Waals surface area contributed by atoms with Gasteiger partial charge in [0, 0.05) is 11.3 Å². The molecule has 0 radical (unpaired) electrons. The molecule has 0 saturated carbocycles. The van der Waals surface area contributed by atoms with Crippen LogP contribution in [0.4, 0.5) is 5.69 Å². The van der Waals surface area contributed by atoms with Crippen molar-refractivity contribution in [1.29, 1.82) is 0 Å². The summed E-state index contributed by atoms with van der Waals surface area (Å²) < 4.78 is 10.4. The van der Waals surface area contributed by atoms with Gasteiger partial charge in [0.05, 0.1) is 0 Å². The molecule has 0 spiro atoms. The van der Waals surface area contributed by atoms with Crippen LogP contribution in [0.5, 0.6) is 5.75 Å². The maximum atomic E-state index is 12.1. The summed E-state index contributed by atoms with van der Waals surface area (Å²) in [5.41, 5.74) is 2.21. The van der Waals surface area contributed by atoms with Gasteiger partial charge in [-0.1, -0.05) is 12.1 Å². The Morgan fingerprint density at radius 2 is 1.77 bits per heavy atom. The summed E-state index contributed by atoms with van der Waals surface area (Å²) in [6, 6.07) is 13.7. The summed E-state index contributed by atoms with van der Waals surface area (Å²) in [5.74, 6) is -0.699. The number of ether oxygens (including phenoxy) is 2. The van der Waals surface area contributed by atoms with Gasteiger partial charge in [0.25, 0.3) is 5.91 Å². The summed E-state index contributed by atoms with van der Waals surface area (Å²) >= 11 is 0. The van der Waals surface area contributed by atoms with Gasteiger partial charge in [0.2, 0.25) is 0 Å². The Kier molecular flexibility index (Phi) is 6.49. The molecule has 1 N–H and O–H groups in total. The number of ketones is 1. The van der Waals surface area contributed by atoms with Gasteiger partial charge in [-0.3, -0.25) is 9.59 Å². The minimum Gasteiger partial charge on any atom is -0.482 e. The first-order valence-electron chi connectivity index (χ1n) is 8.16. The molecule has 2 aromatic carbocycles. The average Bonchev–Trinajstić information content (AvgIpc) is 2.60. The second-order valence-electron chi connectivity index (χ2n) is 5.86. The number of carbonyl (C=O) groups excluding carboxylic acids is 3. The molecule has 0 heterocycles. The van der Waals surface area contributed by atoms with E-state index in [2.05, 4.69) is 5.32 Å². The van der Waals surface area contributed by atoms with E-state index in [1.165, 1.54) is 13.8 Å². The number of anilines is 1. The number of benzene rings is 2. The molecule has 0 aliphatic carbocycles. The zero-order valence-electron chi connectivity index (χ0n) is 14.9. The molecule has 0 saturated heterocycles. The second kappa shape index (κ2) is 8.80. The molecule has 0 aromatic heterocycles. The molecule has 0 fully saturated rings. The highest BCUT2D eigenvalue weighted by molar-refractivity contribution is 5.95. The van der Waals surface area contributed by atoms with Crippen LogP contribution in [0.1, 0.15) is 29.8 Å². The largest absolute Gasteiger partial charge is 0.482 e. The maximum absolute atomic E-state index is 12.1. The molecule has 0 bridgehead atoms. The van der Waals surface area contributed by atoms with Crippen molar-refractivity contribution in [2.24, 2.45) is 0 Å². The Morgan fingerprint density at radius 1 is 1.08 bits per heavy atom. The van der Waals surface area contributed by atoms with E-state index < -0.39 is 18.0 Å². The quantitative estimate of drug-likeness (QED) is 0.609. The third kappa shape index (κ3) is 5.73. The summed E-state index contributed by atoms with van der Waals surface area (Å²) in [4.78, 5) is 35.1. The highest BCUT2D eigenvalue weighted by Gasteiger charge is 2.18. The molecular formula is C20H21NO5. The summed E-state index contributed by atoms with van der Waals surface area (Å²) in [6.45, 7) is 4.54. The lowest BCUT2D eigenvalue weighted by molar-refractivity contribution is -0.155. The van der Waals surface area contributed by atoms with E-state index in [-0.39, 0.29) is 12.4 Å². The molecule has 1 amide bonds. The second-order valence-corrected chi connectivity index (χ2v) is 5.86. The predicted molar refractivity (Wildman–Crippen MR) is 97.3 cm³/mol. The van der Waals surface area contributed by atoms with Gasteiger partial charge in [-0.15, -0.1) is 0 Å². The van der Waals surface area contributed by atoms with Crippen LogP contribution >= 0.6 is 0 Å². The van der Waals surface area contributed by atoms with Gasteiger partial charge in [-0.05, 0) is 62.7 Å². The molecule has 1 atom stereocenters. The number of rotatable bonds is 7. The minimum atomic E-state index is -0.952. The van der Waals surface area contributed by atoms with Crippen LogP contribution in [0.25, 0.3) is 0 Å². The van der Waals surface area contributed by atoms with Gasteiger partial charge in [-0.2, -0.15) is 0 Å². The molecule has 2 rings (SSSR count). The molecular weight excluding hydrogens is 334 g/mol. The molecule has 2 aromatic rings. The predicted octanol–water partition coefficient (Wildman–Crippen LogP) is 3.15. The number of esters is 1. The highest BCUT2D eigenvalue weighted by atomic mass is 16.6. The van der Waals surface area contributed by atoms with Crippen molar-refractivity contribution in [3.05, 3.63) is 59.7 Å². The molecule has 0 aliphatic heterocycles. The SMILES string of the molecule is CC(=O)c1ccc(OCC(=O)OC(C)C(=O)Nc2cccc(C)c2)cc1. The summed E-state index contributed by atoms with van der Waals surface area (Å²) in [5, 5.41) is 2.69. The Balaban J connectivity index is 1.80. The lowest BCUT2D eigenvalue weighted by Gasteiger charge is -2.14. The van der Waals surface area contributed by atoms with Crippen molar-refractivity contribution in [3.8, 4) is 5.75 Å². The van der Waals surface area contributed by atoms with E-state index in [1.54, 1.807) is 30.3 Å². The van der Waals surface area contributed by atoms with Gasteiger partial charge < -0.3 is 14.8 Å². The van der Waals surface area contributed by atoms with Gasteiger partial charge in [-0.25, -0.2) is 4.79 Å². The number of amides is 1. The standard InChI is InChI=1S/C20H21NO5/c1-13-5-4-6-17(11-13)21-20(24)15(3)26-19(23)12-25-18-9-7-16(8-10-18)14(2)22/h4-11,15H,12H2,1-3H3,(H,21,24). The van der Waals surface area contributed by atoms with Crippen LogP contribution in [0.2, 0.25) is 0 Å². The normalized spacial score (nSPS) is 11.3. The highest BCUT2D eigenvalue weighted by Crippen LogP contribution is 2.13. The van der Waals surface area contributed by atoms with E-state index in [0.717, 1.165) is 5.56 Å². The van der Waals surface area contributed by atoms with Crippen LogP contribution in [0.3, 0.4) is 0 Å². The smallest absolute Gasteiger partial charge is 0.344 e. The lowest BCUT2D eigenvalue weighted by atomic mass is 10.1. The monoisotopic (exact) mass is 355 g/mol. The van der Waals surface area contributed by atoms with Gasteiger partial charge in [0.1, 0.15) is 5.75 Å². The Morgan fingerprint density at radius 3 is 2.38 bits per heavy atom. The Hall–Kier alpha value is -3.15. The number of carbonyl (C=O) groups is 3. The molecule has 26 heavy (non-hydrogen) atoms. The van der Waals surface area contributed by atoms with Gasteiger partial charge >= 0.3 is 5.97 Å². The number of Topliss-reactive ketones (excluding diaryl/α,β-unsaturated/α-hetero) is 1. The van der Waals surface area contributed by atoms with Crippen molar-refractivity contribution in [2.75, 3.05) is 11.9 Å². The third-order valence-corrected chi connectivity index (χ3v) is 3.58. The average molecular weight is 355 g/mol. The number of hydrogen-bond acceptors (Lipinski definition) is 5. The van der Waals surface area contributed by atoms with E-state index in [9.17, 15) is 14.4 Å². The summed E-state index contributed by atoms with van der Waals surface area (Å²) in [6.07, 6.45) is -0.952.